The Bertz CT molecular complexity index is 1690. The summed E-state index contributed by atoms with van der Waals surface area (Å²) in [5.41, 5.74) is 10.7. The molecule has 6 heteroatoms. The maximum absolute atomic E-state index is 7.27. The van der Waals surface area contributed by atoms with Gasteiger partial charge >= 0.3 is 0 Å². The highest BCUT2D eigenvalue weighted by molar-refractivity contribution is 5.99. The Morgan fingerprint density at radius 3 is 1.93 bits per heavy atom. The van der Waals surface area contributed by atoms with E-state index in [1.807, 2.05) is 0 Å². The highest BCUT2D eigenvalue weighted by atomic mass is 16.5. The van der Waals surface area contributed by atoms with Gasteiger partial charge in [0.25, 0.3) is 0 Å². The molecular formula is C35H35N3O3. The minimum absolute atomic E-state index is 0.668. The molecule has 41 heavy (non-hydrogen) atoms. The van der Waals surface area contributed by atoms with E-state index in [1.165, 1.54) is 22.1 Å². The summed E-state index contributed by atoms with van der Waals surface area (Å²) in [5.74, 6) is 0.882. The lowest BCUT2D eigenvalue weighted by atomic mass is 9.79. The fraction of sp³-hybridized carbons (Fsp3) is 0.257. The van der Waals surface area contributed by atoms with Crippen LogP contribution in [0.2, 0.25) is 0 Å². The molecule has 2 heterocycles. The normalized spacial score (nSPS) is 13.9. The predicted molar refractivity (Wildman–Crippen MR) is 166 cm³/mol. The summed E-state index contributed by atoms with van der Waals surface area (Å²) < 4.78 is 18.0. The van der Waals surface area contributed by atoms with Gasteiger partial charge in [0.1, 0.15) is 5.75 Å². The van der Waals surface area contributed by atoms with Gasteiger partial charge in [0, 0.05) is 85.9 Å². The molecule has 1 aliphatic carbocycles. The van der Waals surface area contributed by atoms with Crippen LogP contribution in [-0.4, -0.2) is 59.6 Å². The fourth-order valence-electron chi connectivity index (χ4n) is 6.53. The zero-order valence-corrected chi connectivity index (χ0v) is 24.0. The Morgan fingerprint density at radius 1 is 0.707 bits per heavy atom. The molecule has 0 amide bonds. The summed E-state index contributed by atoms with van der Waals surface area (Å²) >= 11 is 0. The number of fused-ring (bicyclic) bond motifs is 11. The molecule has 2 aliphatic rings. The molecule has 7 rings (SSSR count). The Morgan fingerprint density at radius 2 is 1.29 bits per heavy atom. The minimum Gasteiger partial charge on any atom is -0.472 e. The molecule has 1 aromatic heterocycles. The topological polar surface area (TPSA) is 50.0 Å². The SMILES string of the molecule is COCCN(C)c1ccc2c(c1)-c1cc(N(C)CCOC)ccc1C21Oc2ccccc2-c2[nH]c3ccccc3c21. The number of hydrogen-bond donors (Lipinski definition) is 1. The highest BCUT2D eigenvalue weighted by Gasteiger charge is 2.52. The van der Waals surface area contributed by atoms with Crippen LogP contribution in [0.1, 0.15) is 16.7 Å². The van der Waals surface area contributed by atoms with Gasteiger partial charge in [0.15, 0.2) is 5.60 Å². The van der Waals surface area contributed by atoms with Crippen LogP contribution >= 0.6 is 0 Å². The first kappa shape index (κ1) is 25.7. The lowest BCUT2D eigenvalue weighted by Gasteiger charge is -2.38. The highest BCUT2D eigenvalue weighted by Crippen LogP contribution is 2.60. The summed E-state index contributed by atoms with van der Waals surface area (Å²) in [4.78, 5) is 8.26. The smallest absolute Gasteiger partial charge is 0.188 e. The summed E-state index contributed by atoms with van der Waals surface area (Å²) in [7, 11) is 7.73. The van der Waals surface area contributed by atoms with E-state index in [1.54, 1.807) is 14.2 Å². The second-order valence-corrected chi connectivity index (χ2v) is 11.0. The van der Waals surface area contributed by atoms with E-state index in [0.717, 1.165) is 58.1 Å². The lowest BCUT2D eigenvalue weighted by Crippen LogP contribution is -2.36. The first-order valence-corrected chi connectivity index (χ1v) is 14.2. The Balaban J connectivity index is 1.51. The van der Waals surface area contributed by atoms with Crippen molar-refractivity contribution in [3.63, 3.8) is 0 Å². The van der Waals surface area contributed by atoms with Crippen molar-refractivity contribution in [1.29, 1.82) is 0 Å². The fourth-order valence-corrected chi connectivity index (χ4v) is 6.53. The van der Waals surface area contributed by atoms with Crippen LogP contribution in [0, 0.1) is 0 Å². The number of anilines is 2. The second kappa shape index (κ2) is 9.98. The largest absolute Gasteiger partial charge is 0.472 e. The Labute approximate surface area is 241 Å². The Kier molecular flexibility index (Phi) is 6.25. The van der Waals surface area contributed by atoms with E-state index in [4.69, 9.17) is 14.2 Å². The van der Waals surface area contributed by atoms with Crippen LogP contribution in [0.5, 0.6) is 5.75 Å². The minimum atomic E-state index is -0.790. The van der Waals surface area contributed by atoms with Crippen LogP contribution in [0.4, 0.5) is 11.4 Å². The number of rotatable bonds is 8. The molecule has 0 fully saturated rings. The van der Waals surface area contributed by atoms with Gasteiger partial charge in [-0.15, -0.1) is 0 Å². The zero-order valence-electron chi connectivity index (χ0n) is 24.0. The molecule has 4 aromatic carbocycles. The first-order valence-electron chi connectivity index (χ1n) is 14.2. The number of H-pyrrole nitrogens is 1. The van der Waals surface area contributed by atoms with E-state index in [0.29, 0.717) is 13.2 Å². The van der Waals surface area contributed by atoms with E-state index < -0.39 is 5.60 Å². The molecule has 0 atom stereocenters. The monoisotopic (exact) mass is 545 g/mol. The Hall–Kier alpha value is -4.26. The first-order chi connectivity index (χ1) is 20.1. The van der Waals surface area contributed by atoms with Gasteiger partial charge in [0.2, 0.25) is 0 Å². The summed E-state index contributed by atoms with van der Waals surface area (Å²) in [6.45, 7) is 2.95. The quantitative estimate of drug-likeness (QED) is 0.236. The third-order valence-corrected chi connectivity index (χ3v) is 8.68. The maximum Gasteiger partial charge on any atom is 0.188 e. The van der Waals surface area contributed by atoms with Crippen LogP contribution in [0.15, 0.2) is 84.9 Å². The molecule has 1 N–H and O–H groups in total. The van der Waals surface area contributed by atoms with E-state index in [9.17, 15) is 0 Å². The third-order valence-electron chi connectivity index (χ3n) is 8.68. The van der Waals surface area contributed by atoms with Crippen LogP contribution in [-0.2, 0) is 15.1 Å². The maximum atomic E-state index is 7.27. The van der Waals surface area contributed by atoms with Crippen molar-refractivity contribution >= 4 is 22.3 Å². The molecule has 5 aromatic rings. The predicted octanol–water partition coefficient (Wildman–Crippen LogP) is 6.66. The van der Waals surface area contributed by atoms with Crippen molar-refractivity contribution in [1.82, 2.24) is 4.98 Å². The molecule has 0 saturated carbocycles. The summed E-state index contributed by atoms with van der Waals surface area (Å²) in [6.07, 6.45) is 0. The molecule has 1 spiro atoms. The molecule has 6 nitrogen and oxygen atoms in total. The lowest BCUT2D eigenvalue weighted by molar-refractivity contribution is 0.158. The molecular weight excluding hydrogens is 510 g/mol. The number of para-hydroxylation sites is 2. The number of hydrogen-bond acceptors (Lipinski definition) is 5. The van der Waals surface area contributed by atoms with Crippen LogP contribution in [0.3, 0.4) is 0 Å². The molecule has 0 saturated heterocycles. The van der Waals surface area contributed by atoms with Gasteiger partial charge in [-0.05, 0) is 53.6 Å². The summed E-state index contributed by atoms with van der Waals surface area (Å²) in [5, 5.41) is 1.18. The van der Waals surface area contributed by atoms with Crippen molar-refractivity contribution in [2.24, 2.45) is 0 Å². The van der Waals surface area contributed by atoms with Gasteiger partial charge in [-0.25, -0.2) is 0 Å². The number of benzene rings is 4. The van der Waals surface area contributed by atoms with Gasteiger partial charge < -0.3 is 29.0 Å². The number of aromatic amines is 1. The summed E-state index contributed by atoms with van der Waals surface area (Å²) in [6, 6.07) is 30.5. The number of ether oxygens (including phenoxy) is 3. The van der Waals surface area contributed by atoms with Crippen molar-refractivity contribution < 1.29 is 14.2 Å². The van der Waals surface area contributed by atoms with Gasteiger partial charge in [-0.1, -0.05) is 42.5 Å². The number of methoxy groups -OCH3 is 2. The molecule has 0 bridgehead atoms. The average molecular weight is 546 g/mol. The van der Waals surface area contributed by atoms with E-state index >= 15 is 0 Å². The molecule has 1 aliphatic heterocycles. The average Bonchev–Trinajstić information content (AvgIpc) is 3.53. The van der Waals surface area contributed by atoms with Gasteiger partial charge in [-0.3, -0.25) is 0 Å². The van der Waals surface area contributed by atoms with Crippen LogP contribution < -0.4 is 14.5 Å². The van der Waals surface area contributed by atoms with Crippen molar-refractivity contribution in [3.8, 4) is 28.1 Å². The van der Waals surface area contributed by atoms with Gasteiger partial charge in [0.05, 0.1) is 18.9 Å². The molecule has 0 radical (unpaired) electrons. The van der Waals surface area contributed by atoms with Crippen molar-refractivity contribution in [3.05, 3.63) is 102 Å². The van der Waals surface area contributed by atoms with E-state index in [2.05, 4.69) is 114 Å². The number of nitrogens with one attached hydrogen (secondary N) is 1. The van der Waals surface area contributed by atoms with Crippen molar-refractivity contribution in [2.45, 2.75) is 5.60 Å². The zero-order chi connectivity index (χ0) is 28.1. The molecule has 208 valence electrons. The number of likely N-dealkylation sites (N-methyl/N-ethyl adjacent to an activating group) is 2. The number of aromatic nitrogens is 1. The van der Waals surface area contributed by atoms with E-state index in [-0.39, 0.29) is 0 Å². The molecule has 0 unspecified atom stereocenters. The number of nitrogens with zero attached hydrogens (tertiary/aromatic N) is 2. The van der Waals surface area contributed by atoms with Gasteiger partial charge in [-0.2, -0.15) is 0 Å². The van der Waals surface area contributed by atoms with Crippen molar-refractivity contribution in [2.75, 3.05) is 64.4 Å². The second-order valence-electron chi connectivity index (χ2n) is 11.0. The standard InChI is InChI=1S/C35H35N3O3/c1-37(17-19-39-3)23-13-15-29-27(21-23)28-22-24(38(2)18-20-40-4)14-16-30(28)35(29)33-25-9-5-7-11-31(25)36-34(33)26-10-6-8-12-32(26)41-35/h5-16,21-22,36H,17-20H2,1-4H3. The van der Waals surface area contributed by atoms with Crippen LogP contribution in [0.25, 0.3) is 33.3 Å². The third kappa shape index (κ3) is 3.85.